The zero-order valence-electron chi connectivity index (χ0n) is 16.3. The highest BCUT2D eigenvalue weighted by Crippen LogP contribution is 2.36. The van der Waals surface area contributed by atoms with Crippen molar-refractivity contribution in [2.75, 3.05) is 13.1 Å². The summed E-state index contributed by atoms with van der Waals surface area (Å²) in [6.07, 6.45) is -10.2. The topological polar surface area (TPSA) is 70.2 Å². The van der Waals surface area contributed by atoms with Gasteiger partial charge in [-0.3, -0.25) is 9.59 Å². The van der Waals surface area contributed by atoms with Gasteiger partial charge in [-0.2, -0.15) is 26.3 Å². The van der Waals surface area contributed by atoms with Gasteiger partial charge in [0.1, 0.15) is 5.70 Å². The molecule has 0 saturated carbocycles. The van der Waals surface area contributed by atoms with Gasteiger partial charge in [0.15, 0.2) is 0 Å². The highest BCUT2D eigenvalue weighted by atomic mass is 19.4. The number of carbonyl (C=O) groups is 2. The van der Waals surface area contributed by atoms with Crippen molar-refractivity contribution in [1.29, 1.82) is 0 Å². The predicted molar refractivity (Wildman–Crippen MR) is 103 cm³/mol. The Labute approximate surface area is 178 Å². The molecule has 32 heavy (non-hydrogen) atoms. The second-order valence-corrected chi connectivity index (χ2v) is 6.94. The van der Waals surface area contributed by atoms with Crippen LogP contribution in [0.1, 0.15) is 22.3 Å². The summed E-state index contributed by atoms with van der Waals surface area (Å²) in [6, 6.07) is 9.88. The molecule has 11 heteroatoms. The van der Waals surface area contributed by atoms with Gasteiger partial charge in [-0.15, -0.1) is 0 Å². The quantitative estimate of drug-likeness (QED) is 0.603. The molecular formula is C21H17F6N3O2. The van der Waals surface area contributed by atoms with Gasteiger partial charge in [-0.1, -0.05) is 30.3 Å². The Kier molecular flexibility index (Phi) is 6.47. The molecule has 0 aliphatic carbocycles. The predicted octanol–water partition coefficient (Wildman–Crippen LogP) is 3.47. The van der Waals surface area contributed by atoms with E-state index in [4.69, 9.17) is 0 Å². The molecule has 0 bridgehead atoms. The van der Waals surface area contributed by atoms with Crippen LogP contribution in [0.4, 0.5) is 26.3 Å². The molecule has 2 aromatic rings. The summed E-state index contributed by atoms with van der Waals surface area (Å²) in [7, 11) is 0. The second kappa shape index (κ2) is 8.93. The van der Waals surface area contributed by atoms with Gasteiger partial charge in [-0.05, 0) is 35.7 Å². The van der Waals surface area contributed by atoms with Crippen LogP contribution in [-0.4, -0.2) is 24.9 Å². The summed E-state index contributed by atoms with van der Waals surface area (Å²) in [4.78, 5) is 24.3. The molecule has 1 heterocycles. The van der Waals surface area contributed by atoms with Crippen molar-refractivity contribution < 1.29 is 35.9 Å². The molecule has 0 atom stereocenters. The molecule has 0 spiro atoms. The zero-order valence-corrected chi connectivity index (χ0v) is 16.3. The van der Waals surface area contributed by atoms with Gasteiger partial charge in [0.05, 0.1) is 23.4 Å². The first kappa shape index (κ1) is 23.2. The zero-order chi connectivity index (χ0) is 23.5. The Balaban J connectivity index is 1.77. The van der Waals surface area contributed by atoms with Crippen molar-refractivity contribution in [3.05, 3.63) is 76.5 Å². The Morgan fingerprint density at radius 1 is 0.938 bits per heavy atom. The van der Waals surface area contributed by atoms with E-state index in [0.717, 1.165) is 0 Å². The van der Waals surface area contributed by atoms with E-state index in [1.807, 2.05) is 0 Å². The summed E-state index contributed by atoms with van der Waals surface area (Å²) in [5.74, 6) is -1.20. The van der Waals surface area contributed by atoms with Crippen molar-refractivity contribution in [2.45, 2.75) is 18.8 Å². The van der Waals surface area contributed by atoms with Crippen LogP contribution in [0, 0.1) is 0 Å². The molecule has 1 aliphatic heterocycles. The molecule has 0 fully saturated rings. The van der Waals surface area contributed by atoms with Crippen LogP contribution in [0.3, 0.4) is 0 Å². The fraction of sp³-hybridized carbons (Fsp3) is 0.238. The van der Waals surface area contributed by atoms with E-state index in [-0.39, 0.29) is 36.8 Å². The monoisotopic (exact) mass is 457 g/mol. The van der Waals surface area contributed by atoms with Gasteiger partial charge in [-0.25, -0.2) is 0 Å². The van der Waals surface area contributed by atoms with Crippen LogP contribution >= 0.6 is 0 Å². The van der Waals surface area contributed by atoms with Crippen LogP contribution in [0.25, 0.3) is 5.70 Å². The highest BCUT2D eigenvalue weighted by Gasteiger charge is 2.36. The minimum absolute atomic E-state index is 0.0439. The maximum absolute atomic E-state index is 13.0. The average Bonchev–Trinajstić information content (AvgIpc) is 2.73. The Bertz CT molecular complexity index is 1010. The second-order valence-electron chi connectivity index (χ2n) is 6.94. The average molecular weight is 457 g/mol. The van der Waals surface area contributed by atoms with Crippen LogP contribution in [0.2, 0.25) is 0 Å². The lowest BCUT2D eigenvalue weighted by Crippen LogP contribution is -2.45. The molecule has 0 unspecified atom stereocenters. The lowest BCUT2D eigenvalue weighted by molar-refractivity contribution is -0.143. The van der Waals surface area contributed by atoms with Gasteiger partial charge in [0.2, 0.25) is 5.91 Å². The van der Waals surface area contributed by atoms with E-state index in [1.165, 1.54) is 0 Å². The van der Waals surface area contributed by atoms with Crippen LogP contribution in [-0.2, 0) is 28.4 Å². The van der Waals surface area contributed by atoms with Crippen molar-refractivity contribution in [1.82, 2.24) is 16.0 Å². The number of hydrogen-bond acceptors (Lipinski definition) is 3. The Morgan fingerprint density at radius 2 is 1.53 bits per heavy atom. The van der Waals surface area contributed by atoms with E-state index >= 15 is 0 Å². The first-order chi connectivity index (χ1) is 14.9. The summed E-state index contributed by atoms with van der Waals surface area (Å²) >= 11 is 0. The number of amides is 2. The number of hydrogen-bond donors (Lipinski definition) is 3. The number of halogens is 6. The molecule has 2 amide bonds. The van der Waals surface area contributed by atoms with Gasteiger partial charge < -0.3 is 16.0 Å². The van der Waals surface area contributed by atoms with Gasteiger partial charge in [0, 0.05) is 6.54 Å². The molecule has 2 aromatic carbocycles. The number of benzene rings is 2. The van der Waals surface area contributed by atoms with E-state index < -0.39 is 35.3 Å². The number of carbonyl (C=O) groups excluding carboxylic acids is 2. The highest BCUT2D eigenvalue weighted by molar-refractivity contribution is 6.06. The number of alkyl halides is 6. The summed E-state index contributed by atoms with van der Waals surface area (Å²) in [6.45, 7) is -0.315. The van der Waals surface area contributed by atoms with E-state index in [1.54, 1.807) is 30.3 Å². The third kappa shape index (κ3) is 5.59. The normalized spacial score (nSPS) is 14.6. The molecule has 3 N–H and O–H groups in total. The molecular weight excluding hydrogens is 440 g/mol. The maximum atomic E-state index is 13.0. The van der Waals surface area contributed by atoms with Crippen molar-refractivity contribution in [3.63, 3.8) is 0 Å². The molecule has 1 aliphatic rings. The molecule has 170 valence electrons. The number of rotatable bonds is 5. The first-order valence-corrected chi connectivity index (χ1v) is 9.35. The third-order valence-corrected chi connectivity index (χ3v) is 4.58. The standard InChI is InChI=1S/C21H17F6N3O2/c22-20(23,24)14-8-12(9-15(10-14)21(25,26)27)6-7-28-19(32)18-17(29-11-16(31)30-18)13-4-2-1-3-5-13/h1-5,8-10,29H,6-7,11H2,(H,28,32)(H,30,31). The van der Waals surface area contributed by atoms with E-state index in [2.05, 4.69) is 16.0 Å². The number of nitrogens with one attached hydrogen (secondary N) is 3. The molecule has 5 nitrogen and oxygen atoms in total. The largest absolute Gasteiger partial charge is 0.416 e. The summed E-state index contributed by atoms with van der Waals surface area (Å²) < 4.78 is 77.9. The lowest BCUT2D eigenvalue weighted by atomic mass is 10.0. The first-order valence-electron chi connectivity index (χ1n) is 9.35. The maximum Gasteiger partial charge on any atom is 0.416 e. The van der Waals surface area contributed by atoms with Crippen molar-refractivity contribution in [2.24, 2.45) is 0 Å². The van der Waals surface area contributed by atoms with Crippen molar-refractivity contribution >= 4 is 17.5 Å². The van der Waals surface area contributed by atoms with E-state index in [0.29, 0.717) is 23.4 Å². The van der Waals surface area contributed by atoms with Crippen LogP contribution in [0.15, 0.2) is 54.2 Å². The summed E-state index contributed by atoms with van der Waals surface area (Å²) in [5.41, 5.74) is -2.22. The minimum Gasteiger partial charge on any atom is -0.374 e. The third-order valence-electron chi connectivity index (χ3n) is 4.58. The van der Waals surface area contributed by atoms with E-state index in [9.17, 15) is 35.9 Å². The molecule has 0 aromatic heterocycles. The fourth-order valence-electron chi connectivity index (χ4n) is 3.10. The fourth-order valence-corrected chi connectivity index (χ4v) is 3.10. The Morgan fingerprint density at radius 3 is 2.09 bits per heavy atom. The summed E-state index contributed by atoms with van der Waals surface area (Å²) in [5, 5.41) is 7.69. The van der Waals surface area contributed by atoms with Gasteiger partial charge >= 0.3 is 12.4 Å². The smallest absolute Gasteiger partial charge is 0.374 e. The van der Waals surface area contributed by atoms with Crippen LogP contribution < -0.4 is 16.0 Å². The minimum atomic E-state index is -4.95. The van der Waals surface area contributed by atoms with Gasteiger partial charge in [0.25, 0.3) is 5.91 Å². The van der Waals surface area contributed by atoms with Crippen LogP contribution in [0.5, 0.6) is 0 Å². The van der Waals surface area contributed by atoms with Crippen molar-refractivity contribution in [3.8, 4) is 0 Å². The lowest BCUT2D eigenvalue weighted by Gasteiger charge is -2.22. The molecule has 0 radical (unpaired) electrons. The molecule has 3 rings (SSSR count). The molecule has 0 saturated heterocycles. The SMILES string of the molecule is O=C1CNC(c2ccccc2)=C(C(=O)NCCc2cc(C(F)(F)F)cc(C(F)(F)F)c2)N1. The Hall–Kier alpha value is -3.50.